The molecule has 2 nitrogen and oxygen atoms in total. The first-order valence-electron chi connectivity index (χ1n) is 8.42. The molecule has 0 bridgehead atoms. The summed E-state index contributed by atoms with van der Waals surface area (Å²) in [5, 5.41) is 5.00. The van der Waals surface area contributed by atoms with Gasteiger partial charge in [0.05, 0.1) is 10.7 Å². The average molecular weight is 295 g/mol. The van der Waals surface area contributed by atoms with Gasteiger partial charge in [0.25, 0.3) is 0 Å². The molecule has 1 aromatic rings. The minimum atomic E-state index is 0.548. The van der Waals surface area contributed by atoms with Crippen molar-refractivity contribution in [2.24, 2.45) is 0 Å². The third-order valence-electron chi connectivity index (χ3n) is 4.24. The maximum Gasteiger partial charge on any atom is 0.0962 e. The van der Waals surface area contributed by atoms with E-state index in [-0.39, 0.29) is 0 Å². The standard InChI is InChI=1S/C17H30N2S/c1-4-5-11-18-12-15-16(13(2)3)19-17(20-15)14-9-7-6-8-10-14/h13-14,18H,4-12H2,1-3H3. The zero-order valence-electron chi connectivity index (χ0n) is 13.4. The van der Waals surface area contributed by atoms with E-state index in [2.05, 4.69) is 26.1 Å². The Hall–Kier alpha value is -0.410. The fourth-order valence-electron chi connectivity index (χ4n) is 2.99. The predicted molar refractivity (Wildman–Crippen MR) is 88.6 cm³/mol. The number of unbranched alkanes of at least 4 members (excludes halogenated alkanes) is 1. The van der Waals surface area contributed by atoms with Gasteiger partial charge < -0.3 is 5.32 Å². The van der Waals surface area contributed by atoms with Gasteiger partial charge in [0, 0.05) is 17.3 Å². The van der Waals surface area contributed by atoms with Crippen LogP contribution in [0.2, 0.25) is 0 Å². The highest BCUT2D eigenvalue weighted by atomic mass is 32.1. The van der Waals surface area contributed by atoms with Gasteiger partial charge in [-0.15, -0.1) is 11.3 Å². The molecule has 1 aliphatic rings. The second kappa shape index (κ2) is 8.14. The van der Waals surface area contributed by atoms with Gasteiger partial charge in [-0.3, -0.25) is 0 Å². The van der Waals surface area contributed by atoms with Crippen LogP contribution in [-0.4, -0.2) is 11.5 Å². The first-order chi connectivity index (χ1) is 9.72. The van der Waals surface area contributed by atoms with Gasteiger partial charge in [-0.1, -0.05) is 46.5 Å². The molecule has 114 valence electrons. The Bertz CT molecular complexity index is 392. The lowest BCUT2D eigenvalue weighted by atomic mass is 9.90. The molecule has 0 radical (unpaired) electrons. The molecule has 1 saturated carbocycles. The second-order valence-corrected chi connectivity index (χ2v) is 7.50. The number of rotatable bonds is 7. The Balaban J connectivity index is 2.02. The summed E-state index contributed by atoms with van der Waals surface area (Å²) in [7, 11) is 0. The van der Waals surface area contributed by atoms with Crippen LogP contribution in [0.1, 0.15) is 93.1 Å². The van der Waals surface area contributed by atoms with Crippen LogP contribution >= 0.6 is 11.3 Å². The number of aromatic nitrogens is 1. The molecule has 0 amide bonds. The molecule has 2 rings (SSSR count). The summed E-state index contributed by atoms with van der Waals surface area (Å²) in [5.41, 5.74) is 1.35. The Morgan fingerprint density at radius 2 is 2.00 bits per heavy atom. The molecule has 1 aliphatic carbocycles. The summed E-state index contributed by atoms with van der Waals surface area (Å²) in [6.07, 6.45) is 9.45. The maximum absolute atomic E-state index is 5.01. The van der Waals surface area contributed by atoms with Crippen LogP contribution in [0.5, 0.6) is 0 Å². The average Bonchev–Trinajstić information content (AvgIpc) is 2.89. The maximum atomic E-state index is 5.01. The molecule has 0 saturated heterocycles. The van der Waals surface area contributed by atoms with Crippen LogP contribution < -0.4 is 5.32 Å². The molecule has 1 heterocycles. The van der Waals surface area contributed by atoms with Crippen LogP contribution in [0.25, 0.3) is 0 Å². The largest absolute Gasteiger partial charge is 0.312 e. The summed E-state index contributed by atoms with van der Waals surface area (Å²) in [6.45, 7) is 8.93. The van der Waals surface area contributed by atoms with Crippen LogP contribution in [0.15, 0.2) is 0 Å². The van der Waals surface area contributed by atoms with E-state index < -0.39 is 0 Å². The van der Waals surface area contributed by atoms with Gasteiger partial charge in [0.1, 0.15) is 0 Å². The lowest BCUT2D eigenvalue weighted by Gasteiger charge is -2.19. The fourth-order valence-corrected chi connectivity index (χ4v) is 4.35. The molecule has 3 heteroatoms. The van der Waals surface area contributed by atoms with Crippen molar-refractivity contribution >= 4 is 11.3 Å². The van der Waals surface area contributed by atoms with E-state index in [1.807, 2.05) is 11.3 Å². The van der Waals surface area contributed by atoms with E-state index in [9.17, 15) is 0 Å². The molecule has 1 fully saturated rings. The number of hydrogen-bond acceptors (Lipinski definition) is 3. The highest BCUT2D eigenvalue weighted by Crippen LogP contribution is 2.37. The zero-order chi connectivity index (χ0) is 14.4. The van der Waals surface area contributed by atoms with Crippen molar-refractivity contribution in [3.63, 3.8) is 0 Å². The topological polar surface area (TPSA) is 24.9 Å². The molecular weight excluding hydrogens is 264 g/mol. The van der Waals surface area contributed by atoms with Gasteiger partial charge in [-0.05, 0) is 31.7 Å². The summed E-state index contributed by atoms with van der Waals surface area (Å²) >= 11 is 1.98. The highest BCUT2D eigenvalue weighted by molar-refractivity contribution is 7.11. The number of nitrogens with zero attached hydrogens (tertiary/aromatic N) is 1. The normalized spacial score (nSPS) is 17.0. The Morgan fingerprint density at radius 1 is 1.25 bits per heavy atom. The molecule has 0 aromatic carbocycles. The molecule has 0 spiro atoms. The first-order valence-corrected chi connectivity index (χ1v) is 9.24. The zero-order valence-corrected chi connectivity index (χ0v) is 14.2. The van der Waals surface area contributed by atoms with Crippen LogP contribution in [0.4, 0.5) is 0 Å². The first kappa shape index (κ1) is 16.0. The van der Waals surface area contributed by atoms with Crippen LogP contribution in [-0.2, 0) is 6.54 Å². The number of hydrogen-bond donors (Lipinski definition) is 1. The quantitative estimate of drug-likeness (QED) is 0.699. The van der Waals surface area contributed by atoms with Gasteiger partial charge in [-0.2, -0.15) is 0 Å². The molecular formula is C17H30N2S. The Labute approximate surface area is 128 Å². The van der Waals surface area contributed by atoms with E-state index in [0.29, 0.717) is 5.92 Å². The van der Waals surface area contributed by atoms with Crippen LogP contribution in [0.3, 0.4) is 0 Å². The van der Waals surface area contributed by atoms with Crippen molar-refractivity contribution < 1.29 is 0 Å². The van der Waals surface area contributed by atoms with E-state index in [0.717, 1.165) is 19.0 Å². The van der Waals surface area contributed by atoms with Gasteiger partial charge in [0.15, 0.2) is 0 Å². The second-order valence-electron chi connectivity index (χ2n) is 6.38. The lowest BCUT2D eigenvalue weighted by molar-refractivity contribution is 0.441. The van der Waals surface area contributed by atoms with E-state index in [1.165, 1.54) is 60.5 Å². The van der Waals surface area contributed by atoms with Crippen molar-refractivity contribution in [1.29, 1.82) is 0 Å². The predicted octanol–water partition coefficient (Wildman–Crippen LogP) is 5.20. The molecule has 20 heavy (non-hydrogen) atoms. The molecule has 0 atom stereocenters. The summed E-state index contributed by atoms with van der Waals surface area (Å²) in [5.74, 6) is 1.29. The summed E-state index contributed by atoms with van der Waals surface area (Å²) in [6, 6.07) is 0. The lowest BCUT2D eigenvalue weighted by Crippen LogP contribution is -2.14. The minimum absolute atomic E-state index is 0.548. The van der Waals surface area contributed by atoms with Gasteiger partial charge in [-0.25, -0.2) is 4.98 Å². The summed E-state index contributed by atoms with van der Waals surface area (Å²) in [4.78, 5) is 6.49. The smallest absolute Gasteiger partial charge is 0.0962 e. The molecule has 0 aliphatic heterocycles. The molecule has 0 unspecified atom stereocenters. The third kappa shape index (κ3) is 4.29. The minimum Gasteiger partial charge on any atom is -0.312 e. The van der Waals surface area contributed by atoms with Crippen molar-refractivity contribution in [1.82, 2.24) is 10.3 Å². The molecule has 1 aromatic heterocycles. The third-order valence-corrected chi connectivity index (χ3v) is 5.47. The number of thiazole rings is 1. The van der Waals surface area contributed by atoms with Crippen molar-refractivity contribution in [3.8, 4) is 0 Å². The van der Waals surface area contributed by atoms with Crippen molar-refractivity contribution in [2.45, 2.75) is 84.1 Å². The van der Waals surface area contributed by atoms with Gasteiger partial charge in [0.2, 0.25) is 0 Å². The Morgan fingerprint density at radius 3 is 2.65 bits per heavy atom. The van der Waals surface area contributed by atoms with E-state index in [1.54, 1.807) is 0 Å². The fraction of sp³-hybridized carbons (Fsp3) is 0.824. The van der Waals surface area contributed by atoms with Crippen LogP contribution in [0, 0.1) is 0 Å². The van der Waals surface area contributed by atoms with E-state index in [4.69, 9.17) is 4.98 Å². The van der Waals surface area contributed by atoms with Crippen molar-refractivity contribution in [2.75, 3.05) is 6.54 Å². The molecule has 1 N–H and O–H groups in total. The number of nitrogens with one attached hydrogen (secondary N) is 1. The Kier molecular flexibility index (Phi) is 6.50. The summed E-state index contributed by atoms with van der Waals surface area (Å²) < 4.78 is 0. The SMILES string of the molecule is CCCCNCc1sc(C2CCCCC2)nc1C(C)C. The van der Waals surface area contributed by atoms with Gasteiger partial charge >= 0.3 is 0 Å². The monoisotopic (exact) mass is 294 g/mol. The highest BCUT2D eigenvalue weighted by Gasteiger charge is 2.22. The van der Waals surface area contributed by atoms with Crippen molar-refractivity contribution in [3.05, 3.63) is 15.6 Å². The van der Waals surface area contributed by atoms with E-state index >= 15 is 0 Å².